The summed E-state index contributed by atoms with van der Waals surface area (Å²) in [7, 11) is 0. The van der Waals surface area contributed by atoms with Crippen molar-refractivity contribution in [3.63, 3.8) is 0 Å². The summed E-state index contributed by atoms with van der Waals surface area (Å²) in [5.41, 5.74) is 3.85. The first kappa shape index (κ1) is 8.88. The SMILES string of the molecule is Cc1cc[c]c(-c2ncccc2C)n1. The van der Waals surface area contributed by atoms with Gasteiger partial charge in [0.25, 0.3) is 0 Å². The zero-order valence-corrected chi connectivity index (χ0v) is 8.28. The lowest BCUT2D eigenvalue weighted by Crippen LogP contribution is -1.91. The highest BCUT2D eigenvalue weighted by Gasteiger charge is 2.03. The summed E-state index contributed by atoms with van der Waals surface area (Å²) in [5, 5.41) is 0. The highest BCUT2D eigenvalue weighted by Crippen LogP contribution is 2.17. The molecule has 2 aromatic rings. The summed E-state index contributed by atoms with van der Waals surface area (Å²) < 4.78 is 0. The minimum atomic E-state index is 0.822. The minimum Gasteiger partial charge on any atom is -0.254 e. The van der Waals surface area contributed by atoms with Gasteiger partial charge in [-0.05, 0) is 31.5 Å². The van der Waals surface area contributed by atoms with E-state index in [-0.39, 0.29) is 0 Å². The number of aromatic nitrogens is 2. The molecule has 0 fully saturated rings. The minimum absolute atomic E-state index is 0.822. The Bertz CT molecular complexity index is 450. The lowest BCUT2D eigenvalue weighted by molar-refractivity contribution is 1.16. The molecule has 0 saturated carbocycles. The molecular formula is C12H11N2. The zero-order chi connectivity index (χ0) is 9.97. The quantitative estimate of drug-likeness (QED) is 0.679. The van der Waals surface area contributed by atoms with E-state index >= 15 is 0 Å². The Labute approximate surface area is 83.7 Å². The standard InChI is InChI=1S/C12H11N2/c1-9-5-4-8-13-12(9)11-7-3-6-10(2)14-11/h3-6,8H,1-2H3. The maximum Gasteiger partial charge on any atom is 0.0971 e. The molecule has 0 amide bonds. The lowest BCUT2D eigenvalue weighted by Gasteiger charge is -2.03. The molecule has 0 saturated heterocycles. The fourth-order valence-corrected chi connectivity index (χ4v) is 1.34. The van der Waals surface area contributed by atoms with Gasteiger partial charge in [0.1, 0.15) is 0 Å². The van der Waals surface area contributed by atoms with Crippen molar-refractivity contribution in [1.82, 2.24) is 9.97 Å². The molecular weight excluding hydrogens is 172 g/mol. The third-order valence-corrected chi connectivity index (χ3v) is 2.07. The molecule has 0 aliphatic carbocycles. The molecule has 69 valence electrons. The molecule has 0 aromatic carbocycles. The molecule has 2 aromatic heterocycles. The first-order valence-corrected chi connectivity index (χ1v) is 4.55. The Balaban J connectivity index is 2.55. The van der Waals surface area contributed by atoms with Crippen molar-refractivity contribution in [2.45, 2.75) is 13.8 Å². The highest BCUT2D eigenvalue weighted by atomic mass is 14.8. The average molecular weight is 183 g/mol. The van der Waals surface area contributed by atoms with Crippen molar-refractivity contribution >= 4 is 0 Å². The first-order valence-electron chi connectivity index (χ1n) is 4.55. The Morgan fingerprint density at radius 2 is 2.07 bits per heavy atom. The number of rotatable bonds is 1. The van der Waals surface area contributed by atoms with Crippen LogP contribution in [0.1, 0.15) is 11.3 Å². The molecule has 2 nitrogen and oxygen atoms in total. The van der Waals surface area contributed by atoms with Gasteiger partial charge in [0.05, 0.1) is 11.4 Å². The van der Waals surface area contributed by atoms with Gasteiger partial charge in [-0.15, -0.1) is 0 Å². The second-order valence-electron chi connectivity index (χ2n) is 3.25. The van der Waals surface area contributed by atoms with Crippen LogP contribution >= 0.6 is 0 Å². The van der Waals surface area contributed by atoms with E-state index in [2.05, 4.69) is 16.0 Å². The number of hydrogen-bond donors (Lipinski definition) is 0. The normalized spacial score (nSPS) is 10.1. The monoisotopic (exact) mass is 183 g/mol. The molecule has 2 heterocycles. The third kappa shape index (κ3) is 1.64. The van der Waals surface area contributed by atoms with Gasteiger partial charge in [-0.25, -0.2) is 0 Å². The molecule has 0 aliphatic rings. The number of hydrogen-bond acceptors (Lipinski definition) is 2. The molecule has 2 rings (SSSR count). The lowest BCUT2D eigenvalue weighted by atomic mass is 10.1. The summed E-state index contributed by atoms with van der Waals surface area (Å²) in [6, 6.07) is 10.9. The Morgan fingerprint density at radius 3 is 2.79 bits per heavy atom. The molecule has 2 heteroatoms. The summed E-state index contributed by atoms with van der Waals surface area (Å²) in [4.78, 5) is 8.68. The zero-order valence-electron chi connectivity index (χ0n) is 8.28. The molecule has 0 aliphatic heterocycles. The predicted octanol–water partition coefficient (Wildman–Crippen LogP) is 2.56. The second-order valence-corrected chi connectivity index (χ2v) is 3.25. The van der Waals surface area contributed by atoms with Crippen LogP contribution in [-0.4, -0.2) is 9.97 Å². The molecule has 14 heavy (non-hydrogen) atoms. The molecule has 1 radical (unpaired) electrons. The summed E-state index contributed by atoms with van der Waals surface area (Å²) >= 11 is 0. The van der Waals surface area contributed by atoms with Crippen LogP contribution < -0.4 is 0 Å². The Hall–Kier alpha value is -1.70. The van der Waals surface area contributed by atoms with Crippen LogP contribution in [0.2, 0.25) is 0 Å². The number of nitrogens with zero attached hydrogens (tertiary/aromatic N) is 2. The fourth-order valence-electron chi connectivity index (χ4n) is 1.34. The van der Waals surface area contributed by atoms with E-state index < -0.39 is 0 Å². The van der Waals surface area contributed by atoms with Crippen LogP contribution in [0.3, 0.4) is 0 Å². The first-order chi connectivity index (χ1) is 6.77. The van der Waals surface area contributed by atoms with Crippen LogP contribution in [0.4, 0.5) is 0 Å². The predicted molar refractivity (Wildman–Crippen MR) is 55.8 cm³/mol. The van der Waals surface area contributed by atoms with Gasteiger partial charge < -0.3 is 0 Å². The molecule has 0 spiro atoms. The van der Waals surface area contributed by atoms with Crippen LogP contribution in [0, 0.1) is 19.9 Å². The highest BCUT2D eigenvalue weighted by molar-refractivity contribution is 5.57. The average Bonchev–Trinajstić information content (AvgIpc) is 2.18. The van der Waals surface area contributed by atoms with Crippen molar-refractivity contribution < 1.29 is 0 Å². The van der Waals surface area contributed by atoms with E-state index in [1.54, 1.807) is 6.20 Å². The smallest absolute Gasteiger partial charge is 0.0971 e. The van der Waals surface area contributed by atoms with Crippen molar-refractivity contribution in [2.24, 2.45) is 0 Å². The summed E-state index contributed by atoms with van der Waals surface area (Å²) in [6.07, 6.45) is 1.78. The van der Waals surface area contributed by atoms with E-state index in [0.29, 0.717) is 0 Å². The van der Waals surface area contributed by atoms with Gasteiger partial charge in [0.2, 0.25) is 0 Å². The van der Waals surface area contributed by atoms with Gasteiger partial charge in [-0.1, -0.05) is 12.1 Å². The van der Waals surface area contributed by atoms with E-state index in [1.807, 2.05) is 38.1 Å². The maximum atomic E-state index is 4.39. The van der Waals surface area contributed by atoms with E-state index in [4.69, 9.17) is 0 Å². The van der Waals surface area contributed by atoms with Crippen molar-refractivity contribution in [3.8, 4) is 11.4 Å². The molecule has 0 N–H and O–H groups in total. The topological polar surface area (TPSA) is 25.8 Å². The van der Waals surface area contributed by atoms with Crippen LogP contribution in [0.15, 0.2) is 30.5 Å². The van der Waals surface area contributed by atoms with Crippen molar-refractivity contribution in [1.29, 1.82) is 0 Å². The van der Waals surface area contributed by atoms with Crippen LogP contribution in [0.5, 0.6) is 0 Å². The fraction of sp³-hybridized carbons (Fsp3) is 0.167. The summed E-state index contributed by atoms with van der Waals surface area (Å²) in [5.74, 6) is 0. The molecule has 0 atom stereocenters. The van der Waals surface area contributed by atoms with Gasteiger partial charge >= 0.3 is 0 Å². The van der Waals surface area contributed by atoms with Crippen molar-refractivity contribution in [3.05, 3.63) is 47.8 Å². The van der Waals surface area contributed by atoms with E-state index in [9.17, 15) is 0 Å². The Morgan fingerprint density at radius 1 is 1.21 bits per heavy atom. The van der Waals surface area contributed by atoms with Gasteiger partial charge in [0.15, 0.2) is 0 Å². The third-order valence-electron chi connectivity index (χ3n) is 2.07. The molecule has 0 bridgehead atoms. The van der Waals surface area contributed by atoms with E-state index in [0.717, 1.165) is 22.6 Å². The van der Waals surface area contributed by atoms with Crippen LogP contribution in [0.25, 0.3) is 11.4 Å². The molecule has 0 unspecified atom stereocenters. The van der Waals surface area contributed by atoms with Crippen LogP contribution in [-0.2, 0) is 0 Å². The van der Waals surface area contributed by atoms with E-state index in [1.165, 1.54) is 0 Å². The number of pyridine rings is 2. The second kappa shape index (κ2) is 3.58. The van der Waals surface area contributed by atoms with Gasteiger partial charge in [-0.2, -0.15) is 0 Å². The largest absolute Gasteiger partial charge is 0.254 e. The van der Waals surface area contributed by atoms with Crippen molar-refractivity contribution in [2.75, 3.05) is 0 Å². The van der Waals surface area contributed by atoms with Gasteiger partial charge in [-0.3, -0.25) is 9.97 Å². The van der Waals surface area contributed by atoms with Gasteiger partial charge in [0, 0.05) is 18.0 Å². The maximum absolute atomic E-state index is 4.39. The number of aryl methyl sites for hydroxylation is 2. The Kier molecular flexibility index (Phi) is 2.27. The summed E-state index contributed by atoms with van der Waals surface area (Å²) in [6.45, 7) is 4.00.